The second-order valence-corrected chi connectivity index (χ2v) is 18.1. The Labute approximate surface area is 361 Å². The summed E-state index contributed by atoms with van der Waals surface area (Å²) < 4.78 is 0. The number of likely N-dealkylation sites (tertiary alicyclic amines) is 1. The van der Waals surface area contributed by atoms with Crippen molar-refractivity contribution < 1.29 is 0 Å². The fourth-order valence-corrected chi connectivity index (χ4v) is 12.4. The molecule has 2 fully saturated rings. The molecule has 9 rings (SSSR count). The van der Waals surface area contributed by atoms with Crippen LogP contribution in [0.15, 0.2) is 176 Å². The molecule has 3 nitrogen and oxygen atoms in total. The summed E-state index contributed by atoms with van der Waals surface area (Å²) in [4.78, 5) is 3.09. The lowest BCUT2D eigenvalue weighted by molar-refractivity contribution is -0.222. The number of para-hydroxylation sites is 1. The Morgan fingerprint density at radius 3 is 1.60 bits per heavy atom. The van der Waals surface area contributed by atoms with Crippen molar-refractivity contribution in [1.82, 2.24) is 9.91 Å². The monoisotopic (exact) mass is 792 g/mol. The van der Waals surface area contributed by atoms with Gasteiger partial charge in [-0.25, -0.2) is 0 Å². The summed E-state index contributed by atoms with van der Waals surface area (Å²) >= 11 is 0. The molecule has 3 heterocycles. The highest BCUT2D eigenvalue weighted by Crippen LogP contribution is 2.66. The first-order chi connectivity index (χ1) is 29.7. The van der Waals surface area contributed by atoms with E-state index in [2.05, 4.69) is 191 Å². The minimum Gasteiger partial charge on any atom is -0.303 e. The quantitative estimate of drug-likeness (QED) is 0.0852. The zero-order chi connectivity index (χ0) is 40.5. The van der Waals surface area contributed by atoms with Crippen molar-refractivity contribution in [2.75, 3.05) is 31.2 Å². The molecule has 3 heteroatoms. The molecular weight excluding hydrogens is 727 g/mol. The van der Waals surface area contributed by atoms with Crippen LogP contribution in [0.25, 0.3) is 0 Å². The number of hydrazine groups is 1. The fraction of sp³-hybridized carbons (Fsp3) is 0.368. The summed E-state index contributed by atoms with van der Waals surface area (Å²) in [5.74, 6) is 0. The van der Waals surface area contributed by atoms with Crippen molar-refractivity contribution in [3.63, 3.8) is 0 Å². The average Bonchev–Trinajstić information content (AvgIpc) is 4.02. The number of anilines is 1. The molecule has 60 heavy (non-hydrogen) atoms. The van der Waals surface area contributed by atoms with Crippen molar-refractivity contribution in [3.8, 4) is 0 Å². The van der Waals surface area contributed by atoms with Crippen molar-refractivity contribution >= 4 is 5.69 Å². The van der Waals surface area contributed by atoms with Gasteiger partial charge in [-0.15, -0.1) is 0 Å². The molecule has 0 spiro atoms. The summed E-state index contributed by atoms with van der Waals surface area (Å²) in [6.45, 7) is 4.41. The summed E-state index contributed by atoms with van der Waals surface area (Å²) in [6.07, 6.45) is 16.1. The van der Waals surface area contributed by atoms with Crippen molar-refractivity contribution in [2.24, 2.45) is 5.41 Å². The third-order valence-electron chi connectivity index (χ3n) is 15.0. The number of rotatable bonds is 17. The molecule has 0 aliphatic carbocycles. The smallest absolute Gasteiger partial charge is 0.0983 e. The zero-order valence-corrected chi connectivity index (χ0v) is 35.8. The minimum absolute atomic E-state index is 0.112. The highest BCUT2D eigenvalue weighted by molar-refractivity contribution is 5.57. The Bertz CT molecular complexity index is 2200. The predicted octanol–water partition coefficient (Wildman–Crippen LogP) is 12.7. The van der Waals surface area contributed by atoms with Gasteiger partial charge >= 0.3 is 0 Å². The van der Waals surface area contributed by atoms with E-state index in [0.29, 0.717) is 0 Å². The molecule has 0 bridgehead atoms. The summed E-state index contributed by atoms with van der Waals surface area (Å²) in [5.41, 5.74) is 9.87. The second kappa shape index (κ2) is 18.8. The number of hydrogen-bond acceptors (Lipinski definition) is 3. The third-order valence-corrected chi connectivity index (χ3v) is 15.0. The number of unbranched alkanes of at least 4 members (excludes halogenated alkanes) is 1. The van der Waals surface area contributed by atoms with Gasteiger partial charge in [0.1, 0.15) is 0 Å². The van der Waals surface area contributed by atoms with Crippen LogP contribution in [-0.4, -0.2) is 41.8 Å². The Hall–Kier alpha value is -4.96. The van der Waals surface area contributed by atoms with Crippen LogP contribution in [0.2, 0.25) is 0 Å². The maximum absolute atomic E-state index is 3.09. The lowest BCUT2D eigenvalue weighted by atomic mass is 9.45. The fourth-order valence-electron chi connectivity index (χ4n) is 12.4. The molecule has 6 aromatic rings. The van der Waals surface area contributed by atoms with Crippen LogP contribution in [0.5, 0.6) is 0 Å². The SMILES string of the molecule is c1ccc(CCCCC2(N3CCCC3)N(N3CCc4ccccc43)CCC(Cc3ccccc3)(c3ccccc3)C2(CCCc2ccccc2)CCc2ccccc2)cc1. The summed E-state index contributed by atoms with van der Waals surface area (Å²) in [7, 11) is 0. The predicted molar refractivity (Wildman–Crippen MR) is 251 cm³/mol. The van der Waals surface area contributed by atoms with Crippen LogP contribution < -0.4 is 5.01 Å². The number of hydrogen-bond donors (Lipinski definition) is 0. The molecule has 3 aliphatic heterocycles. The van der Waals surface area contributed by atoms with Gasteiger partial charge in [-0.2, -0.15) is 5.01 Å². The maximum atomic E-state index is 3.09. The number of aryl methyl sites for hydroxylation is 3. The average molecular weight is 792 g/mol. The van der Waals surface area contributed by atoms with Gasteiger partial charge in [0, 0.05) is 37.0 Å². The van der Waals surface area contributed by atoms with Crippen LogP contribution >= 0.6 is 0 Å². The van der Waals surface area contributed by atoms with Crippen LogP contribution in [0, 0.1) is 5.41 Å². The largest absolute Gasteiger partial charge is 0.303 e. The first kappa shape index (κ1) is 40.4. The second-order valence-electron chi connectivity index (χ2n) is 18.1. The standard InChI is InChI=1S/C57H65N3/c1-6-23-48(24-7-1)29-18-19-40-57(58-43-20-21-44-58)56(41-37-50-27-10-3-11-28-50,39-22-32-49-25-8-2-9-26-49)55(53-34-14-5-15-35-53,47-51-30-12-4-13-31-51)42-46-60(57)59-45-38-52-33-16-17-36-54(52)59/h1-17,23-28,30-31,33-36H,18-22,29,32,37-47H2. The molecule has 3 unspecified atom stereocenters. The van der Waals surface area contributed by atoms with E-state index in [1.807, 2.05) is 0 Å². The van der Waals surface area contributed by atoms with Gasteiger partial charge in [0.2, 0.25) is 0 Å². The van der Waals surface area contributed by atoms with E-state index in [9.17, 15) is 0 Å². The molecule has 3 atom stereocenters. The molecule has 0 aromatic heterocycles. The van der Waals surface area contributed by atoms with Crippen molar-refractivity contribution in [2.45, 2.75) is 101 Å². The number of piperidine rings is 1. The Kier molecular flexibility index (Phi) is 12.6. The Morgan fingerprint density at radius 1 is 0.433 bits per heavy atom. The minimum atomic E-state index is -0.216. The number of fused-ring (bicyclic) bond motifs is 1. The van der Waals surface area contributed by atoms with Gasteiger partial charge in [0.05, 0.1) is 11.4 Å². The van der Waals surface area contributed by atoms with E-state index in [1.54, 1.807) is 0 Å². The van der Waals surface area contributed by atoms with Crippen LogP contribution in [-0.2, 0) is 37.5 Å². The van der Waals surface area contributed by atoms with Gasteiger partial charge in [0.15, 0.2) is 0 Å². The molecule has 0 radical (unpaired) electrons. The van der Waals surface area contributed by atoms with E-state index in [-0.39, 0.29) is 16.5 Å². The van der Waals surface area contributed by atoms with Gasteiger partial charge < -0.3 is 5.01 Å². The first-order valence-electron chi connectivity index (χ1n) is 23.3. The summed E-state index contributed by atoms with van der Waals surface area (Å²) in [5, 5.41) is 5.86. The first-order valence-corrected chi connectivity index (χ1v) is 23.3. The normalized spacial score (nSPS) is 23.2. The lowest BCUT2D eigenvalue weighted by Gasteiger charge is -2.72. The highest BCUT2D eigenvalue weighted by Gasteiger charge is 2.69. The molecular formula is C57H65N3. The lowest BCUT2D eigenvalue weighted by Crippen LogP contribution is -2.80. The van der Waals surface area contributed by atoms with Gasteiger partial charge in [-0.05, 0) is 129 Å². The summed E-state index contributed by atoms with van der Waals surface area (Å²) in [6, 6.07) is 67.1. The molecule has 308 valence electrons. The Morgan fingerprint density at radius 2 is 0.967 bits per heavy atom. The molecule has 0 amide bonds. The van der Waals surface area contributed by atoms with Crippen molar-refractivity contribution in [1.29, 1.82) is 0 Å². The van der Waals surface area contributed by atoms with Crippen LogP contribution in [0.3, 0.4) is 0 Å². The molecule has 2 saturated heterocycles. The number of benzene rings is 6. The van der Waals surface area contributed by atoms with E-state index in [1.165, 1.54) is 64.8 Å². The zero-order valence-electron chi connectivity index (χ0n) is 35.8. The maximum Gasteiger partial charge on any atom is 0.0983 e. The van der Waals surface area contributed by atoms with Gasteiger partial charge in [-0.3, -0.25) is 4.90 Å². The molecule has 6 aromatic carbocycles. The van der Waals surface area contributed by atoms with Gasteiger partial charge in [0.25, 0.3) is 0 Å². The topological polar surface area (TPSA) is 9.72 Å². The van der Waals surface area contributed by atoms with E-state index in [4.69, 9.17) is 0 Å². The van der Waals surface area contributed by atoms with E-state index < -0.39 is 0 Å². The Balaban J connectivity index is 1.29. The number of nitrogens with zero attached hydrogens (tertiary/aromatic N) is 3. The third kappa shape index (κ3) is 7.99. The van der Waals surface area contributed by atoms with Crippen LogP contribution in [0.4, 0.5) is 5.69 Å². The molecule has 3 aliphatic rings. The van der Waals surface area contributed by atoms with Gasteiger partial charge in [-0.1, -0.05) is 170 Å². The molecule has 0 saturated carbocycles. The molecule has 0 N–H and O–H groups in total. The highest BCUT2D eigenvalue weighted by atomic mass is 15.7. The van der Waals surface area contributed by atoms with E-state index >= 15 is 0 Å². The van der Waals surface area contributed by atoms with E-state index in [0.717, 1.165) is 90.4 Å². The van der Waals surface area contributed by atoms with Crippen molar-refractivity contribution in [3.05, 3.63) is 209 Å². The van der Waals surface area contributed by atoms with Crippen LogP contribution in [0.1, 0.15) is 91.2 Å².